The second-order valence-electron chi connectivity index (χ2n) is 5.79. The highest BCUT2D eigenvalue weighted by Crippen LogP contribution is 2.29. The van der Waals surface area contributed by atoms with Gasteiger partial charge in [0.25, 0.3) is 0 Å². The molecule has 23 heavy (non-hydrogen) atoms. The molecule has 0 spiro atoms. The normalized spacial score (nSPS) is 22.9. The van der Waals surface area contributed by atoms with Crippen LogP contribution >= 0.6 is 0 Å². The number of carboxylic acids is 1. The third-order valence-corrected chi connectivity index (χ3v) is 5.82. The van der Waals surface area contributed by atoms with Crippen molar-refractivity contribution in [3.8, 4) is 0 Å². The lowest BCUT2D eigenvalue weighted by molar-refractivity contribution is -0.136. The zero-order valence-electron chi connectivity index (χ0n) is 12.6. The van der Waals surface area contributed by atoms with Crippen molar-refractivity contribution in [2.45, 2.75) is 36.2 Å². The summed E-state index contributed by atoms with van der Waals surface area (Å²) in [7, 11) is -3.83. The minimum Gasteiger partial charge on any atom is -0.481 e. The van der Waals surface area contributed by atoms with Crippen molar-refractivity contribution in [1.82, 2.24) is 4.31 Å². The zero-order valence-corrected chi connectivity index (χ0v) is 13.4. The van der Waals surface area contributed by atoms with Crippen molar-refractivity contribution in [3.05, 3.63) is 29.8 Å². The number of aliphatic carboxylic acids is 1. The number of aryl methyl sites for hydroxylation is 1. The molecule has 1 atom stereocenters. The lowest BCUT2D eigenvalue weighted by atomic mass is 9.97. The molecule has 1 saturated heterocycles. The molecule has 2 rings (SSSR count). The zero-order chi connectivity index (χ0) is 17.1. The fraction of sp³-hybridized carbons (Fsp3) is 0.533. The van der Waals surface area contributed by atoms with Crippen LogP contribution in [0.2, 0.25) is 0 Å². The van der Waals surface area contributed by atoms with E-state index in [1.807, 2.05) is 0 Å². The average Bonchev–Trinajstić information content (AvgIpc) is 2.53. The highest BCUT2D eigenvalue weighted by Gasteiger charge is 2.39. The molecule has 0 amide bonds. The van der Waals surface area contributed by atoms with Crippen molar-refractivity contribution < 1.29 is 27.8 Å². The average molecular weight is 345 g/mol. The van der Waals surface area contributed by atoms with Crippen LogP contribution in [0.15, 0.2) is 29.2 Å². The molecule has 1 aromatic rings. The number of hydrogen-bond donors (Lipinski definition) is 2. The SMILES string of the molecule is O=C(O)CCc1ccc(S(=O)(=O)N2CCCC(F)(CO)C2)cc1. The molecule has 0 aromatic heterocycles. The first-order valence-corrected chi connectivity index (χ1v) is 8.81. The number of alkyl halides is 1. The topological polar surface area (TPSA) is 94.9 Å². The van der Waals surface area contributed by atoms with Crippen molar-refractivity contribution in [3.63, 3.8) is 0 Å². The molecule has 0 aliphatic carbocycles. The molecule has 1 aromatic carbocycles. The Labute approximate surface area is 134 Å². The first kappa shape index (κ1) is 17.8. The number of rotatable bonds is 6. The summed E-state index contributed by atoms with van der Waals surface area (Å²) in [6.45, 7) is -0.839. The van der Waals surface area contributed by atoms with E-state index in [1.54, 1.807) is 12.1 Å². The number of hydrogen-bond acceptors (Lipinski definition) is 4. The molecule has 1 heterocycles. The summed E-state index contributed by atoms with van der Waals surface area (Å²) in [5.74, 6) is -0.918. The van der Waals surface area contributed by atoms with Gasteiger partial charge in [-0.3, -0.25) is 4.79 Å². The number of halogens is 1. The number of benzene rings is 1. The smallest absolute Gasteiger partial charge is 0.303 e. The van der Waals surface area contributed by atoms with E-state index < -0.39 is 28.3 Å². The van der Waals surface area contributed by atoms with Crippen LogP contribution in [-0.4, -0.2) is 54.3 Å². The lowest BCUT2D eigenvalue weighted by Crippen LogP contribution is -2.49. The maximum Gasteiger partial charge on any atom is 0.303 e. The summed E-state index contributed by atoms with van der Waals surface area (Å²) < 4.78 is 40.4. The third-order valence-electron chi connectivity index (χ3n) is 3.96. The van der Waals surface area contributed by atoms with E-state index >= 15 is 0 Å². The van der Waals surface area contributed by atoms with Gasteiger partial charge in [0, 0.05) is 13.0 Å². The number of nitrogens with zero attached hydrogens (tertiary/aromatic N) is 1. The highest BCUT2D eigenvalue weighted by molar-refractivity contribution is 7.89. The van der Waals surface area contributed by atoms with Crippen molar-refractivity contribution >= 4 is 16.0 Å². The monoisotopic (exact) mass is 345 g/mol. The van der Waals surface area contributed by atoms with E-state index in [0.717, 1.165) is 9.87 Å². The van der Waals surface area contributed by atoms with Gasteiger partial charge in [0.1, 0.15) is 5.67 Å². The fourth-order valence-corrected chi connectivity index (χ4v) is 4.16. The van der Waals surface area contributed by atoms with Crippen LogP contribution in [-0.2, 0) is 21.2 Å². The van der Waals surface area contributed by atoms with E-state index in [4.69, 9.17) is 10.2 Å². The molecule has 0 saturated carbocycles. The van der Waals surface area contributed by atoms with Crippen molar-refractivity contribution in [1.29, 1.82) is 0 Å². The second kappa shape index (κ2) is 6.94. The van der Waals surface area contributed by atoms with E-state index in [1.165, 1.54) is 12.1 Å². The van der Waals surface area contributed by atoms with E-state index in [0.29, 0.717) is 12.8 Å². The van der Waals surface area contributed by atoms with Crippen LogP contribution in [0, 0.1) is 0 Å². The Bertz CT molecular complexity index is 661. The second-order valence-corrected chi connectivity index (χ2v) is 7.73. The van der Waals surface area contributed by atoms with Gasteiger partial charge in [-0.1, -0.05) is 12.1 Å². The van der Waals surface area contributed by atoms with Gasteiger partial charge < -0.3 is 10.2 Å². The largest absolute Gasteiger partial charge is 0.481 e. The van der Waals surface area contributed by atoms with Gasteiger partial charge in [0.2, 0.25) is 10.0 Å². The first-order valence-electron chi connectivity index (χ1n) is 7.37. The first-order chi connectivity index (χ1) is 10.8. The maximum absolute atomic E-state index is 14.2. The van der Waals surface area contributed by atoms with Gasteiger partial charge in [-0.15, -0.1) is 0 Å². The summed E-state index contributed by atoms with van der Waals surface area (Å²) in [6, 6.07) is 5.93. The Hall–Kier alpha value is -1.51. The predicted octanol–water partition coefficient (Wildman–Crippen LogP) is 1.19. The maximum atomic E-state index is 14.2. The Kier molecular flexibility index (Phi) is 5.38. The minimum absolute atomic E-state index is 0.0287. The van der Waals surface area contributed by atoms with E-state index in [2.05, 4.69) is 0 Å². The molecule has 6 nitrogen and oxygen atoms in total. The molecule has 0 bridgehead atoms. The Morgan fingerprint density at radius 1 is 1.30 bits per heavy atom. The fourth-order valence-electron chi connectivity index (χ4n) is 2.61. The van der Waals surface area contributed by atoms with Crippen LogP contribution in [0.1, 0.15) is 24.8 Å². The van der Waals surface area contributed by atoms with Crippen LogP contribution in [0.5, 0.6) is 0 Å². The molecular weight excluding hydrogens is 325 g/mol. The van der Waals surface area contributed by atoms with Crippen LogP contribution in [0.25, 0.3) is 0 Å². The van der Waals surface area contributed by atoms with Gasteiger partial charge in [-0.25, -0.2) is 12.8 Å². The third kappa shape index (κ3) is 4.27. The molecule has 1 aliphatic rings. The highest BCUT2D eigenvalue weighted by atomic mass is 32.2. The van der Waals surface area contributed by atoms with E-state index in [9.17, 15) is 17.6 Å². The standard InChI is InChI=1S/C15H20FNO5S/c16-15(11-18)8-1-9-17(10-15)23(21,22)13-5-2-12(3-6-13)4-7-14(19)20/h2-3,5-6,18H,1,4,7-11H2,(H,19,20). The Morgan fingerprint density at radius 3 is 2.52 bits per heavy atom. The van der Waals surface area contributed by atoms with E-state index in [-0.39, 0.29) is 30.8 Å². The van der Waals surface area contributed by atoms with Gasteiger partial charge >= 0.3 is 5.97 Å². The van der Waals surface area contributed by atoms with Gasteiger partial charge in [0.15, 0.2) is 0 Å². The van der Waals surface area contributed by atoms with Gasteiger partial charge in [-0.05, 0) is 37.0 Å². The van der Waals surface area contributed by atoms with Crippen LogP contribution < -0.4 is 0 Å². The number of sulfonamides is 1. The molecular formula is C15H20FNO5S. The summed E-state index contributed by atoms with van der Waals surface area (Å²) in [4.78, 5) is 10.6. The van der Waals surface area contributed by atoms with Gasteiger partial charge in [-0.2, -0.15) is 4.31 Å². The Balaban J connectivity index is 2.14. The number of aliphatic hydroxyl groups is 1. The number of carbonyl (C=O) groups is 1. The summed E-state index contributed by atoms with van der Waals surface area (Å²) in [5, 5.41) is 17.7. The summed E-state index contributed by atoms with van der Waals surface area (Å²) in [6.07, 6.45) is 0.785. The minimum atomic E-state index is -3.83. The quantitative estimate of drug-likeness (QED) is 0.807. The molecule has 8 heteroatoms. The van der Waals surface area contributed by atoms with Crippen molar-refractivity contribution in [2.24, 2.45) is 0 Å². The molecule has 1 fully saturated rings. The van der Waals surface area contributed by atoms with Crippen LogP contribution in [0.3, 0.4) is 0 Å². The molecule has 128 valence electrons. The molecule has 1 aliphatic heterocycles. The Morgan fingerprint density at radius 2 is 1.96 bits per heavy atom. The number of aliphatic hydroxyl groups excluding tert-OH is 1. The lowest BCUT2D eigenvalue weighted by Gasteiger charge is -2.35. The van der Waals surface area contributed by atoms with Crippen molar-refractivity contribution in [2.75, 3.05) is 19.7 Å². The molecule has 1 unspecified atom stereocenters. The molecule has 2 N–H and O–H groups in total. The number of piperidine rings is 1. The van der Waals surface area contributed by atoms with Crippen LogP contribution in [0.4, 0.5) is 4.39 Å². The number of carboxylic acid groups (broad SMARTS) is 1. The predicted molar refractivity (Wildman–Crippen MR) is 81.3 cm³/mol. The summed E-state index contributed by atoms with van der Waals surface area (Å²) >= 11 is 0. The summed E-state index contributed by atoms with van der Waals surface area (Å²) in [5.41, 5.74) is -1.17. The van der Waals surface area contributed by atoms with Gasteiger partial charge in [0.05, 0.1) is 18.0 Å². The molecule has 0 radical (unpaired) electrons.